The van der Waals surface area contributed by atoms with Gasteiger partial charge >= 0.3 is 0 Å². The maximum Gasteiger partial charge on any atom is 0.0401 e. The summed E-state index contributed by atoms with van der Waals surface area (Å²) in [6.45, 7) is 5.49. The lowest BCUT2D eigenvalue weighted by molar-refractivity contribution is 0.731. The molecule has 0 bridgehead atoms. The van der Waals surface area contributed by atoms with E-state index in [4.69, 9.17) is 0 Å². The van der Waals surface area contributed by atoms with E-state index in [0.29, 0.717) is 5.92 Å². The molecule has 0 radical (unpaired) electrons. The largest absolute Gasteiger partial charge is 0.387 e. The average molecular weight is 187 g/mol. The van der Waals surface area contributed by atoms with Crippen LogP contribution in [0.5, 0.6) is 0 Å². The van der Waals surface area contributed by atoms with Crippen LogP contribution in [0.25, 0.3) is 6.08 Å². The first-order valence-corrected chi connectivity index (χ1v) is 5.34. The second kappa shape index (κ2) is 3.87. The first kappa shape index (κ1) is 9.32. The predicted octanol–water partition coefficient (Wildman–Crippen LogP) is 3.27. The fraction of sp³-hybridized carbons (Fsp3) is 0.385. The van der Waals surface area contributed by atoms with Gasteiger partial charge in [0.15, 0.2) is 0 Å². The average Bonchev–Trinajstić information content (AvgIpc) is 2.27. The van der Waals surface area contributed by atoms with Crippen LogP contribution in [0.2, 0.25) is 0 Å². The molecule has 1 N–H and O–H groups in total. The van der Waals surface area contributed by atoms with E-state index in [1.54, 1.807) is 0 Å². The molecule has 74 valence electrons. The number of fused-ring (bicyclic) bond motifs is 1. The molecular formula is C13H17N. The van der Waals surface area contributed by atoms with E-state index in [9.17, 15) is 0 Å². The van der Waals surface area contributed by atoms with Gasteiger partial charge in [-0.2, -0.15) is 0 Å². The van der Waals surface area contributed by atoms with Gasteiger partial charge in [0, 0.05) is 6.54 Å². The zero-order chi connectivity index (χ0) is 9.97. The summed E-state index contributed by atoms with van der Waals surface area (Å²) >= 11 is 0. The molecule has 1 aliphatic heterocycles. The van der Waals surface area contributed by atoms with E-state index in [1.807, 2.05) is 6.20 Å². The number of benzene rings is 1. The molecule has 0 aliphatic carbocycles. The van der Waals surface area contributed by atoms with Crippen molar-refractivity contribution in [3.63, 3.8) is 0 Å². The second-order valence-corrected chi connectivity index (χ2v) is 3.98. The summed E-state index contributed by atoms with van der Waals surface area (Å²) in [7, 11) is 0. The summed E-state index contributed by atoms with van der Waals surface area (Å²) in [5, 5.41) is 3.22. The summed E-state index contributed by atoms with van der Waals surface area (Å²) in [5.41, 5.74) is 4.24. The molecule has 1 aromatic rings. The maximum absolute atomic E-state index is 3.22. The van der Waals surface area contributed by atoms with Gasteiger partial charge in [-0.1, -0.05) is 32.0 Å². The van der Waals surface area contributed by atoms with Gasteiger partial charge in [-0.25, -0.2) is 0 Å². The molecule has 0 amide bonds. The Bertz CT molecular complexity index is 352. The highest BCUT2D eigenvalue weighted by molar-refractivity contribution is 5.57. The summed E-state index contributed by atoms with van der Waals surface area (Å²) in [6, 6.07) is 6.82. The first-order chi connectivity index (χ1) is 6.81. The van der Waals surface area contributed by atoms with Crippen LogP contribution < -0.4 is 5.32 Å². The summed E-state index contributed by atoms with van der Waals surface area (Å²) in [4.78, 5) is 0. The van der Waals surface area contributed by atoms with E-state index in [0.717, 1.165) is 6.54 Å². The standard InChI is InChI=1S/C13H17N/c1-3-10(2)11-4-5-13-9-14-7-6-12(13)8-11/h4-8,10,14H,3,9H2,1-2H3. The lowest BCUT2D eigenvalue weighted by Gasteiger charge is -2.15. The lowest BCUT2D eigenvalue weighted by atomic mass is 9.94. The molecule has 1 aromatic carbocycles. The highest BCUT2D eigenvalue weighted by Crippen LogP contribution is 2.23. The van der Waals surface area contributed by atoms with Gasteiger partial charge in [0.25, 0.3) is 0 Å². The fourth-order valence-corrected chi connectivity index (χ4v) is 1.79. The minimum atomic E-state index is 0.670. The quantitative estimate of drug-likeness (QED) is 0.749. The maximum atomic E-state index is 3.22. The van der Waals surface area contributed by atoms with Crippen LogP contribution in [0.3, 0.4) is 0 Å². The molecule has 0 fully saturated rings. The third-order valence-electron chi connectivity index (χ3n) is 3.02. The highest BCUT2D eigenvalue weighted by Gasteiger charge is 2.07. The molecule has 0 saturated heterocycles. The van der Waals surface area contributed by atoms with Crippen molar-refractivity contribution in [2.75, 3.05) is 0 Å². The van der Waals surface area contributed by atoms with E-state index < -0.39 is 0 Å². The Morgan fingerprint density at radius 3 is 3.07 bits per heavy atom. The Labute approximate surface area is 85.8 Å². The van der Waals surface area contributed by atoms with Gasteiger partial charge in [0.2, 0.25) is 0 Å². The molecule has 1 unspecified atom stereocenters. The zero-order valence-electron chi connectivity index (χ0n) is 8.88. The molecule has 14 heavy (non-hydrogen) atoms. The van der Waals surface area contributed by atoms with Crippen LogP contribution in [0, 0.1) is 0 Å². The Morgan fingerprint density at radius 2 is 2.29 bits per heavy atom. The van der Waals surface area contributed by atoms with Crippen LogP contribution >= 0.6 is 0 Å². The van der Waals surface area contributed by atoms with Crippen molar-refractivity contribution in [2.24, 2.45) is 0 Å². The molecule has 1 heteroatoms. The van der Waals surface area contributed by atoms with E-state index >= 15 is 0 Å². The van der Waals surface area contributed by atoms with Crippen molar-refractivity contribution in [3.05, 3.63) is 41.1 Å². The minimum Gasteiger partial charge on any atom is -0.387 e. The minimum absolute atomic E-state index is 0.670. The molecule has 1 nitrogen and oxygen atoms in total. The molecule has 1 aliphatic rings. The highest BCUT2D eigenvalue weighted by atomic mass is 14.8. The molecule has 1 heterocycles. The zero-order valence-corrected chi connectivity index (χ0v) is 8.88. The first-order valence-electron chi connectivity index (χ1n) is 5.34. The Hall–Kier alpha value is -1.24. The topological polar surface area (TPSA) is 12.0 Å². The molecule has 0 saturated carbocycles. The Morgan fingerprint density at radius 1 is 1.43 bits per heavy atom. The SMILES string of the molecule is CCC(C)c1ccc2c(c1)C=CNC2. The number of rotatable bonds is 2. The van der Waals surface area contributed by atoms with E-state index in [2.05, 4.69) is 43.4 Å². The van der Waals surface area contributed by atoms with Crippen LogP contribution in [0.15, 0.2) is 24.4 Å². The van der Waals surface area contributed by atoms with Crippen LogP contribution in [0.1, 0.15) is 42.9 Å². The summed E-state index contributed by atoms with van der Waals surface area (Å²) < 4.78 is 0. The molecular weight excluding hydrogens is 170 g/mol. The van der Waals surface area contributed by atoms with Crippen LogP contribution in [0.4, 0.5) is 0 Å². The van der Waals surface area contributed by atoms with Crippen LogP contribution in [-0.4, -0.2) is 0 Å². The van der Waals surface area contributed by atoms with Crippen molar-refractivity contribution in [1.82, 2.24) is 5.32 Å². The third kappa shape index (κ3) is 1.67. The van der Waals surface area contributed by atoms with Crippen molar-refractivity contribution >= 4 is 6.08 Å². The van der Waals surface area contributed by atoms with E-state index in [1.165, 1.54) is 23.1 Å². The van der Waals surface area contributed by atoms with Gasteiger partial charge in [-0.3, -0.25) is 0 Å². The number of nitrogens with one attached hydrogen (secondary N) is 1. The predicted molar refractivity (Wildman–Crippen MR) is 61.0 cm³/mol. The lowest BCUT2D eigenvalue weighted by Crippen LogP contribution is -2.10. The van der Waals surface area contributed by atoms with Crippen molar-refractivity contribution < 1.29 is 0 Å². The van der Waals surface area contributed by atoms with Gasteiger partial charge in [0.05, 0.1) is 0 Å². The third-order valence-corrected chi connectivity index (χ3v) is 3.02. The van der Waals surface area contributed by atoms with Crippen molar-refractivity contribution in [1.29, 1.82) is 0 Å². The second-order valence-electron chi connectivity index (χ2n) is 3.98. The summed E-state index contributed by atoms with van der Waals surface area (Å²) in [5.74, 6) is 0.670. The van der Waals surface area contributed by atoms with Gasteiger partial charge in [-0.05, 0) is 41.3 Å². The van der Waals surface area contributed by atoms with Crippen molar-refractivity contribution in [2.45, 2.75) is 32.7 Å². The molecule has 0 aromatic heterocycles. The normalized spacial score (nSPS) is 15.9. The van der Waals surface area contributed by atoms with Gasteiger partial charge < -0.3 is 5.32 Å². The fourth-order valence-electron chi connectivity index (χ4n) is 1.79. The van der Waals surface area contributed by atoms with Gasteiger partial charge in [0.1, 0.15) is 0 Å². The molecule has 1 atom stereocenters. The van der Waals surface area contributed by atoms with Gasteiger partial charge in [-0.15, -0.1) is 0 Å². The Balaban J connectivity index is 2.35. The smallest absolute Gasteiger partial charge is 0.0401 e. The number of hydrogen-bond acceptors (Lipinski definition) is 1. The van der Waals surface area contributed by atoms with E-state index in [-0.39, 0.29) is 0 Å². The summed E-state index contributed by atoms with van der Waals surface area (Å²) in [6.07, 6.45) is 5.40. The Kier molecular flexibility index (Phi) is 2.58. The molecule has 2 rings (SSSR count). The van der Waals surface area contributed by atoms with Crippen molar-refractivity contribution in [3.8, 4) is 0 Å². The molecule has 0 spiro atoms. The van der Waals surface area contributed by atoms with Crippen LogP contribution in [-0.2, 0) is 6.54 Å². The number of hydrogen-bond donors (Lipinski definition) is 1. The monoisotopic (exact) mass is 187 g/mol.